The van der Waals surface area contributed by atoms with Crippen LogP contribution in [0.4, 0.5) is 17.1 Å². The Bertz CT molecular complexity index is 950. The SMILES string of the molecule is O=C1Nc2ccc(Cl)cc2C1=Cc1cc([N+](=O)[O-])c(O)c([N+](=O)[O-])c1. The minimum Gasteiger partial charge on any atom is -0.497 e. The lowest BCUT2D eigenvalue weighted by atomic mass is 10.0. The molecular weight excluding hydrogens is 354 g/mol. The van der Waals surface area contributed by atoms with Crippen LogP contribution in [0.1, 0.15) is 11.1 Å². The normalized spacial score (nSPS) is 14.3. The molecule has 25 heavy (non-hydrogen) atoms. The molecule has 1 aliphatic rings. The summed E-state index contributed by atoms with van der Waals surface area (Å²) < 4.78 is 0. The van der Waals surface area contributed by atoms with E-state index < -0.39 is 32.9 Å². The Morgan fingerprint density at radius 3 is 2.24 bits per heavy atom. The minimum atomic E-state index is -1.04. The molecule has 126 valence electrons. The van der Waals surface area contributed by atoms with E-state index in [2.05, 4.69) is 5.32 Å². The lowest BCUT2D eigenvalue weighted by molar-refractivity contribution is -0.396. The van der Waals surface area contributed by atoms with Gasteiger partial charge in [-0.05, 0) is 29.8 Å². The van der Waals surface area contributed by atoms with E-state index in [4.69, 9.17) is 11.6 Å². The number of hydrogen-bond donors (Lipinski definition) is 2. The summed E-state index contributed by atoms with van der Waals surface area (Å²) in [7, 11) is 0. The van der Waals surface area contributed by atoms with Gasteiger partial charge in [0.05, 0.1) is 9.85 Å². The van der Waals surface area contributed by atoms with Crippen molar-refractivity contribution >= 4 is 46.2 Å². The van der Waals surface area contributed by atoms with Crippen LogP contribution in [0.15, 0.2) is 30.3 Å². The predicted molar refractivity (Wildman–Crippen MR) is 89.4 cm³/mol. The van der Waals surface area contributed by atoms with Gasteiger partial charge in [-0.25, -0.2) is 0 Å². The summed E-state index contributed by atoms with van der Waals surface area (Å²) >= 11 is 5.92. The quantitative estimate of drug-likeness (QED) is 0.488. The zero-order valence-corrected chi connectivity index (χ0v) is 13.0. The van der Waals surface area contributed by atoms with Gasteiger partial charge in [-0.15, -0.1) is 0 Å². The van der Waals surface area contributed by atoms with Gasteiger partial charge in [0.1, 0.15) is 0 Å². The number of hydrogen-bond acceptors (Lipinski definition) is 6. The number of anilines is 1. The molecule has 9 nitrogen and oxygen atoms in total. The van der Waals surface area contributed by atoms with Gasteiger partial charge in [-0.3, -0.25) is 25.0 Å². The molecule has 0 spiro atoms. The molecule has 3 rings (SSSR count). The third-order valence-corrected chi connectivity index (χ3v) is 3.80. The van der Waals surface area contributed by atoms with Crippen LogP contribution in [-0.2, 0) is 4.79 Å². The summed E-state index contributed by atoms with van der Waals surface area (Å²) in [6, 6.07) is 6.61. The van der Waals surface area contributed by atoms with E-state index in [1.165, 1.54) is 12.1 Å². The molecule has 0 aromatic heterocycles. The van der Waals surface area contributed by atoms with Crippen molar-refractivity contribution in [2.24, 2.45) is 0 Å². The second kappa shape index (κ2) is 5.87. The molecule has 2 N–H and O–H groups in total. The molecule has 1 amide bonds. The molecule has 0 unspecified atom stereocenters. The lowest BCUT2D eigenvalue weighted by Gasteiger charge is -2.02. The molecule has 0 saturated heterocycles. The first-order valence-electron chi connectivity index (χ1n) is 6.76. The predicted octanol–water partition coefficient (Wildman–Crippen LogP) is 3.35. The first-order valence-corrected chi connectivity index (χ1v) is 7.14. The molecule has 0 bridgehead atoms. The van der Waals surface area contributed by atoms with Crippen molar-refractivity contribution in [3.63, 3.8) is 0 Å². The molecule has 1 aliphatic heterocycles. The van der Waals surface area contributed by atoms with Crippen molar-refractivity contribution in [2.75, 3.05) is 5.32 Å². The standard InChI is InChI=1S/C15H8ClN3O6/c16-8-1-2-11-9(6-8)10(15(21)17-11)3-7-4-12(18(22)23)14(20)13(5-7)19(24)25/h1-6,20H,(H,17,21). The van der Waals surface area contributed by atoms with Crippen LogP contribution < -0.4 is 5.32 Å². The third-order valence-electron chi connectivity index (χ3n) is 3.56. The maximum absolute atomic E-state index is 12.1. The number of carbonyl (C=O) groups is 1. The summed E-state index contributed by atoms with van der Waals surface area (Å²) in [4.78, 5) is 32.2. The number of aromatic hydroxyl groups is 1. The first kappa shape index (κ1) is 16.4. The highest BCUT2D eigenvalue weighted by Crippen LogP contribution is 2.39. The van der Waals surface area contributed by atoms with E-state index in [1.807, 2.05) is 0 Å². The average Bonchev–Trinajstić information content (AvgIpc) is 2.83. The fourth-order valence-electron chi connectivity index (χ4n) is 2.46. The molecule has 0 aliphatic carbocycles. The highest BCUT2D eigenvalue weighted by atomic mass is 35.5. The number of halogens is 1. The zero-order valence-electron chi connectivity index (χ0n) is 12.2. The molecule has 1 heterocycles. The van der Waals surface area contributed by atoms with E-state index >= 15 is 0 Å². The fraction of sp³-hybridized carbons (Fsp3) is 0. The highest BCUT2D eigenvalue weighted by Gasteiger charge is 2.28. The van der Waals surface area contributed by atoms with Crippen molar-refractivity contribution in [3.05, 3.63) is 66.7 Å². The highest BCUT2D eigenvalue weighted by molar-refractivity contribution is 6.36. The van der Waals surface area contributed by atoms with E-state index in [0.29, 0.717) is 16.3 Å². The van der Waals surface area contributed by atoms with Gasteiger partial charge in [-0.2, -0.15) is 0 Å². The largest absolute Gasteiger partial charge is 0.497 e. The van der Waals surface area contributed by atoms with E-state index in [9.17, 15) is 30.1 Å². The summed E-state index contributed by atoms with van der Waals surface area (Å²) in [5.41, 5.74) is -0.517. The number of nitro benzene ring substituents is 2. The van der Waals surface area contributed by atoms with Gasteiger partial charge >= 0.3 is 11.4 Å². The van der Waals surface area contributed by atoms with Crippen LogP contribution in [0.3, 0.4) is 0 Å². The second-order valence-electron chi connectivity index (χ2n) is 5.12. The number of phenolic OH excluding ortho intramolecular Hbond substituents is 1. The number of nitrogens with one attached hydrogen (secondary N) is 1. The summed E-state index contributed by atoms with van der Waals surface area (Å²) in [5, 5.41) is 34.6. The van der Waals surface area contributed by atoms with Gasteiger partial charge in [0, 0.05) is 34.0 Å². The summed E-state index contributed by atoms with van der Waals surface area (Å²) in [6.45, 7) is 0. The Labute approximate surface area is 144 Å². The Kier molecular flexibility index (Phi) is 3.85. The number of amides is 1. The maximum Gasteiger partial charge on any atom is 0.318 e. The molecular formula is C15H8ClN3O6. The van der Waals surface area contributed by atoms with Crippen LogP contribution in [0, 0.1) is 20.2 Å². The van der Waals surface area contributed by atoms with Crippen molar-refractivity contribution in [2.45, 2.75) is 0 Å². The van der Waals surface area contributed by atoms with E-state index in [1.54, 1.807) is 12.1 Å². The van der Waals surface area contributed by atoms with Crippen LogP contribution in [0.25, 0.3) is 11.6 Å². The molecule has 2 aromatic carbocycles. The summed E-state index contributed by atoms with van der Waals surface area (Å²) in [5.74, 6) is -1.52. The fourth-order valence-corrected chi connectivity index (χ4v) is 2.63. The van der Waals surface area contributed by atoms with Crippen molar-refractivity contribution in [3.8, 4) is 5.75 Å². The number of nitro groups is 2. The molecule has 0 radical (unpaired) electrons. The van der Waals surface area contributed by atoms with Crippen LogP contribution in [-0.4, -0.2) is 20.9 Å². The number of fused-ring (bicyclic) bond motifs is 1. The smallest absolute Gasteiger partial charge is 0.318 e. The monoisotopic (exact) mass is 361 g/mol. The van der Waals surface area contributed by atoms with Crippen molar-refractivity contribution in [1.82, 2.24) is 0 Å². The first-order chi connectivity index (χ1) is 11.8. The Morgan fingerprint density at radius 2 is 1.68 bits per heavy atom. The molecule has 2 aromatic rings. The third kappa shape index (κ3) is 2.88. The van der Waals surface area contributed by atoms with Gasteiger partial charge in [0.15, 0.2) is 0 Å². The number of nitrogens with zero attached hydrogens (tertiary/aromatic N) is 2. The van der Waals surface area contributed by atoms with Crippen LogP contribution in [0.5, 0.6) is 5.75 Å². The number of phenols is 1. The number of rotatable bonds is 3. The number of carbonyl (C=O) groups excluding carboxylic acids is 1. The second-order valence-corrected chi connectivity index (χ2v) is 5.56. The van der Waals surface area contributed by atoms with Crippen LogP contribution >= 0.6 is 11.6 Å². The topological polar surface area (TPSA) is 136 Å². The Hall–Kier alpha value is -3.46. The van der Waals surface area contributed by atoms with Crippen LogP contribution in [0.2, 0.25) is 5.02 Å². The molecule has 10 heteroatoms. The van der Waals surface area contributed by atoms with Crippen molar-refractivity contribution in [1.29, 1.82) is 0 Å². The maximum atomic E-state index is 12.1. The minimum absolute atomic E-state index is 0.0224. The van der Waals surface area contributed by atoms with E-state index in [-0.39, 0.29) is 11.1 Å². The van der Waals surface area contributed by atoms with Gasteiger partial charge < -0.3 is 10.4 Å². The van der Waals surface area contributed by atoms with E-state index in [0.717, 1.165) is 12.1 Å². The zero-order chi connectivity index (χ0) is 18.3. The van der Waals surface area contributed by atoms with Gasteiger partial charge in [0.2, 0.25) is 0 Å². The molecule has 0 fully saturated rings. The van der Waals surface area contributed by atoms with Gasteiger partial charge in [0.25, 0.3) is 11.7 Å². The number of benzene rings is 2. The lowest BCUT2D eigenvalue weighted by Crippen LogP contribution is -2.03. The molecule has 0 saturated carbocycles. The molecule has 0 atom stereocenters. The Balaban J connectivity index is 2.20. The van der Waals surface area contributed by atoms with Crippen molar-refractivity contribution < 1.29 is 19.7 Å². The average molecular weight is 362 g/mol. The van der Waals surface area contributed by atoms with Gasteiger partial charge in [-0.1, -0.05) is 11.6 Å². The summed E-state index contributed by atoms with van der Waals surface area (Å²) in [6.07, 6.45) is 1.26. The Morgan fingerprint density at radius 1 is 1.08 bits per heavy atom.